The van der Waals surface area contributed by atoms with Crippen LogP contribution in [0.5, 0.6) is 0 Å². The van der Waals surface area contributed by atoms with Crippen LogP contribution in [0.25, 0.3) is 0 Å². The van der Waals surface area contributed by atoms with Gasteiger partial charge in [-0.25, -0.2) is 4.98 Å². The van der Waals surface area contributed by atoms with E-state index >= 15 is 0 Å². The van der Waals surface area contributed by atoms with Crippen molar-refractivity contribution in [2.75, 3.05) is 20.1 Å². The molecular formula is C16H25N3O3. The third-order valence-corrected chi connectivity index (χ3v) is 4.74. The molecule has 3 rings (SSSR count). The first-order valence-electron chi connectivity index (χ1n) is 8.15. The summed E-state index contributed by atoms with van der Waals surface area (Å²) in [6.07, 6.45) is 4.61. The molecule has 3 atom stereocenters. The maximum atomic E-state index is 11.9. The van der Waals surface area contributed by atoms with Crippen molar-refractivity contribution in [3.63, 3.8) is 0 Å². The minimum atomic E-state index is -0.0592. The molecule has 0 spiro atoms. The van der Waals surface area contributed by atoms with Crippen molar-refractivity contribution in [2.45, 2.75) is 57.8 Å². The molecule has 0 aliphatic carbocycles. The van der Waals surface area contributed by atoms with Gasteiger partial charge >= 0.3 is 5.97 Å². The number of aryl methyl sites for hydroxylation is 1. The van der Waals surface area contributed by atoms with E-state index < -0.39 is 0 Å². The van der Waals surface area contributed by atoms with Crippen molar-refractivity contribution in [1.29, 1.82) is 0 Å². The van der Waals surface area contributed by atoms with Crippen LogP contribution in [0, 0.1) is 0 Å². The summed E-state index contributed by atoms with van der Waals surface area (Å²) in [4.78, 5) is 20.7. The number of hydrogen-bond acceptors (Lipinski definition) is 6. The van der Waals surface area contributed by atoms with Crippen LogP contribution in [0.4, 0.5) is 0 Å². The molecule has 2 aliphatic rings. The summed E-state index contributed by atoms with van der Waals surface area (Å²) >= 11 is 0. The van der Waals surface area contributed by atoms with Gasteiger partial charge in [0.15, 0.2) is 0 Å². The van der Waals surface area contributed by atoms with Gasteiger partial charge in [0.1, 0.15) is 17.9 Å². The molecule has 3 heterocycles. The lowest BCUT2D eigenvalue weighted by Gasteiger charge is -2.24. The van der Waals surface area contributed by atoms with E-state index in [9.17, 15) is 4.79 Å². The largest absolute Gasteiger partial charge is 0.461 e. The fraction of sp³-hybridized carbons (Fsp3) is 0.750. The lowest BCUT2D eigenvalue weighted by Crippen LogP contribution is -2.40. The molecule has 0 saturated carbocycles. The highest BCUT2D eigenvalue weighted by molar-refractivity contribution is 5.78. The van der Waals surface area contributed by atoms with E-state index in [0.29, 0.717) is 12.6 Å². The molecule has 0 unspecified atom stereocenters. The molecule has 0 amide bonds. The van der Waals surface area contributed by atoms with E-state index in [4.69, 9.17) is 9.15 Å². The summed E-state index contributed by atoms with van der Waals surface area (Å²) in [7, 11) is 2.10. The van der Waals surface area contributed by atoms with Crippen molar-refractivity contribution in [3.8, 4) is 0 Å². The third kappa shape index (κ3) is 3.17. The second-order valence-corrected chi connectivity index (χ2v) is 6.43. The maximum absolute atomic E-state index is 11.9. The summed E-state index contributed by atoms with van der Waals surface area (Å²) in [6.45, 7) is 6.59. The van der Waals surface area contributed by atoms with Crippen LogP contribution < -0.4 is 0 Å². The molecule has 0 bridgehead atoms. The number of oxazole rings is 1. The number of cyclic esters (lactones) is 1. The molecular weight excluding hydrogens is 282 g/mol. The summed E-state index contributed by atoms with van der Waals surface area (Å²) in [5.74, 6) is 1.64. The second-order valence-electron chi connectivity index (χ2n) is 6.43. The number of carbonyl (C=O) groups is 1. The molecule has 2 saturated heterocycles. The van der Waals surface area contributed by atoms with Crippen LogP contribution in [0.2, 0.25) is 0 Å². The van der Waals surface area contributed by atoms with Gasteiger partial charge in [-0.1, -0.05) is 6.92 Å². The molecule has 0 aromatic carbocycles. The normalized spacial score (nSPS) is 29.5. The SMILES string of the molecule is CCc1cnc(CN(C)[C@@H]2CCN([C@H]3C[C@H](C)OC3=O)C2)o1. The Hall–Kier alpha value is -1.40. The molecule has 122 valence electrons. The molecule has 1 aromatic heterocycles. The first kappa shape index (κ1) is 15.5. The lowest BCUT2D eigenvalue weighted by molar-refractivity contribution is -0.144. The van der Waals surface area contributed by atoms with Crippen LogP contribution in [-0.2, 0) is 22.5 Å². The highest BCUT2D eigenvalue weighted by Crippen LogP contribution is 2.25. The van der Waals surface area contributed by atoms with Gasteiger partial charge in [-0.05, 0) is 20.4 Å². The average Bonchev–Trinajstić information content (AvgIpc) is 3.18. The Morgan fingerprint density at radius 3 is 2.95 bits per heavy atom. The fourth-order valence-corrected chi connectivity index (χ4v) is 3.37. The molecule has 22 heavy (non-hydrogen) atoms. The standard InChI is InChI=1S/C16H25N3O3/c1-4-13-8-17-15(22-13)10-18(3)12-5-6-19(9-12)14-7-11(2)21-16(14)20/h8,11-12,14H,4-7,9-10H2,1-3H3/t11-,12+,14-/m0/s1. The summed E-state index contributed by atoms with van der Waals surface area (Å²) < 4.78 is 11.0. The Morgan fingerprint density at radius 1 is 1.50 bits per heavy atom. The Bertz CT molecular complexity index is 530. The maximum Gasteiger partial charge on any atom is 0.323 e. The van der Waals surface area contributed by atoms with Crippen LogP contribution in [0.3, 0.4) is 0 Å². The predicted molar refractivity (Wildman–Crippen MR) is 81.3 cm³/mol. The van der Waals surface area contributed by atoms with Crippen molar-refractivity contribution >= 4 is 5.97 Å². The van der Waals surface area contributed by atoms with Gasteiger partial charge in [0.25, 0.3) is 0 Å². The third-order valence-electron chi connectivity index (χ3n) is 4.74. The number of hydrogen-bond donors (Lipinski definition) is 0. The van der Waals surface area contributed by atoms with E-state index in [1.165, 1.54) is 0 Å². The second kappa shape index (κ2) is 6.38. The first-order chi connectivity index (χ1) is 10.6. The number of rotatable bonds is 5. The molecule has 0 N–H and O–H groups in total. The van der Waals surface area contributed by atoms with E-state index in [1.54, 1.807) is 6.20 Å². The first-order valence-corrected chi connectivity index (χ1v) is 8.15. The number of ether oxygens (including phenoxy) is 1. The topological polar surface area (TPSA) is 58.8 Å². The van der Waals surface area contributed by atoms with Gasteiger partial charge in [-0.15, -0.1) is 0 Å². The monoisotopic (exact) mass is 307 g/mol. The number of likely N-dealkylation sites (N-methyl/N-ethyl adjacent to an activating group) is 1. The Labute approximate surface area is 131 Å². The molecule has 0 radical (unpaired) electrons. The van der Waals surface area contributed by atoms with Gasteiger partial charge in [0, 0.05) is 32.0 Å². The fourth-order valence-electron chi connectivity index (χ4n) is 3.37. The van der Waals surface area contributed by atoms with E-state index in [2.05, 4.69) is 28.8 Å². The minimum absolute atomic E-state index is 0.0501. The zero-order valence-corrected chi connectivity index (χ0v) is 13.6. The zero-order chi connectivity index (χ0) is 15.7. The Kier molecular flexibility index (Phi) is 4.49. The van der Waals surface area contributed by atoms with Crippen LogP contribution >= 0.6 is 0 Å². The quantitative estimate of drug-likeness (QED) is 0.767. The lowest BCUT2D eigenvalue weighted by atomic mass is 10.1. The minimum Gasteiger partial charge on any atom is -0.461 e. The molecule has 2 fully saturated rings. The number of aromatic nitrogens is 1. The van der Waals surface area contributed by atoms with Crippen LogP contribution in [-0.4, -0.2) is 59.1 Å². The smallest absolute Gasteiger partial charge is 0.323 e. The van der Waals surface area contributed by atoms with Crippen molar-refractivity contribution in [1.82, 2.24) is 14.8 Å². The molecule has 1 aromatic rings. The van der Waals surface area contributed by atoms with E-state index in [-0.39, 0.29) is 18.1 Å². The number of esters is 1. The highest BCUT2D eigenvalue weighted by Gasteiger charge is 2.40. The van der Waals surface area contributed by atoms with Gasteiger partial charge in [-0.3, -0.25) is 14.6 Å². The van der Waals surface area contributed by atoms with Crippen LogP contribution in [0.1, 0.15) is 38.3 Å². The molecule has 6 heteroatoms. The Balaban J connectivity index is 1.54. The van der Waals surface area contributed by atoms with Gasteiger partial charge in [-0.2, -0.15) is 0 Å². The summed E-state index contributed by atoms with van der Waals surface area (Å²) in [6, 6.07) is 0.377. The average molecular weight is 307 g/mol. The van der Waals surface area contributed by atoms with Crippen molar-refractivity contribution in [2.24, 2.45) is 0 Å². The van der Waals surface area contributed by atoms with E-state index in [1.807, 2.05) is 6.92 Å². The summed E-state index contributed by atoms with van der Waals surface area (Å²) in [5, 5.41) is 0. The number of carbonyl (C=O) groups excluding carboxylic acids is 1. The van der Waals surface area contributed by atoms with Crippen LogP contribution in [0.15, 0.2) is 10.6 Å². The molecule has 2 aliphatic heterocycles. The highest BCUT2D eigenvalue weighted by atomic mass is 16.6. The van der Waals surface area contributed by atoms with Gasteiger partial charge < -0.3 is 9.15 Å². The van der Waals surface area contributed by atoms with E-state index in [0.717, 1.165) is 44.0 Å². The van der Waals surface area contributed by atoms with Crippen molar-refractivity contribution in [3.05, 3.63) is 17.8 Å². The predicted octanol–water partition coefficient (Wildman–Crippen LogP) is 1.45. The molecule has 6 nitrogen and oxygen atoms in total. The Morgan fingerprint density at radius 2 is 2.32 bits per heavy atom. The number of likely N-dealkylation sites (tertiary alicyclic amines) is 1. The van der Waals surface area contributed by atoms with Crippen molar-refractivity contribution < 1.29 is 13.9 Å². The van der Waals surface area contributed by atoms with Gasteiger partial charge in [0.05, 0.1) is 12.7 Å². The zero-order valence-electron chi connectivity index (χ0n) is 13.6. The number of nitrogens with zero attached hydrogens (tertiary/aromatic N) is 3. The van der Waals surface area contributed by atoms with Gasteiger partial charge in [0.2, 0.25) is 5.89 Å². The summed E-state index contributed by atoms with van der Waals surface area (Å²) in [5.41, 5.74) is 0.